The van der Waals surface area contributed by atoms with Crippen LogP contribution < -0.4 is 0 Å². The maximum Gasteiger partial charge on any atom is -0.0320 e. The third kappa shape index (κ3) is 4.37. The topological polar surface area (TPSA) is 0 Å². The van der Waals surface area contributed by atoms with E-state index in [9.17, 15) is 0 Å². The first-order valence-electron chi connectivity index (χ1n) is 4.05. The average Bonchev–Trinajstić information content (AvgIpc) is 1.86. The lowest BCUT2D eigenvalue weighted by atomic mass is 10.1. The zero-order chi connectivity index (χ0) is 7.98. The molecule has 0 aliphatic rings. The highest BCUT2D eigenvalue weighted by Crippen LogP contribution is 2.10. The molecule has 0 fully saturated rings. The van der Waals surface area contributed by atoms with E-state index in [0.29, 0.717) is 0 Å². The number of rotatable bonds is 4. The van der Waals surface area contributed by atoms with E-state index in [0.717, 1.165) is 0 Å². The van der Waals surface area contributed by atoms with Crippen LogP contribution in [0.5, 0.6) is 0 Å². The smallest absolute Gasteiger partial charge is 0.0320 e. The Balaban J connectivity index is 3.91. The van der Waals surface area contributed by atoms with Crippen LogP contribution in [0.4, 0.5) is 0 Å². The highest BCUT2D eigenvalue weighted by atomic mass is 14.0. The van der Waals surface area contributed by atoms with E-state index in [1.807, 2.05) is 6.92 Å². The summed E-state index contributed by atoms with van der Waals surface area (Å²) in [6.45, 7) is 10.3. The van der Waals surface area contributed by atoms with Gasteiger partial charge in [0.15, 0.2) is 0 Å². The van der Waals surface area contributed by atoms with E-state index in [4.69, 9.17) is 0 Å². The van der Waals surface area contributed by atoms with Gasteiger partial charge in [-0.3, -0.25) is 0 Å². The second-order valence-corrected chi connectivity index (χ2v) is 2.75. The second kappa shape index (κ2) is 5.28. The molecule has 0 aromatic heterocycles. The van der Waals surface area contributed by atoms with Gasteiger partial charge in [-0.1, -0.05) is 44.1 Å². The first kappa shape index (κ1) is 9.48. The minimum Gasteiger partial charge on any atom is -0.0961 e. The Morgan fingerprint density at radius 3 is 2.30 bits per heavy atom. The van der Waals surface area contributed by atoms with Crippen molar-refractivity contribution in [2.75, 3.05) is 0 Å². The third-order valence-corrected chi connectivity index (χ3v) is 1.48. The molecular formula is C10H18. The molecule has 0 aromatic carbocycles. The van der Waals surface area contributed by atoms with Gasteiger partial charge in [-0.05, 0) is 19.8 Å². The number of allylic oxidation sites excluding steroid dienone is 3. The van der Waals surface area contributed by atoms with Gasteiger partial charge >= 0.3 is 0 Å². The Hall–Kier alpha value is -0.520. The largest absolute Gasteiger partial charge is 0.0961 e. The van der Waals surface area contributed by atoms with Crippen LogP contribution in [0.1, 0.15) is 40.0 Å². The molecule has 0 aliphatic heterocycles. The minimum absolute atomic E-state index is 1.17. The summed E-state index contributed by atoms with van der Waals surface area (Å²) in [6.07, 6.45) is 5.83. The first-order chi connectivity index (χ1) is 4.70. The molecule has 0 saturated carbocycles. The maximum absolute atomic E-state index is 3.85. The van der Waals surface area contributed by atoms with Gasteiger partial charge in [-0.2, -0.15) is 0 Å². The molecular weight excluding hydrogens is 120 g/mol. The van der Waals surface area contributed by atoms with Crippen molar-refractivity contribution in [1.29, 1.82) is 0 Å². The monoisotopic (exact) mass is 138 g/mol. The van der Waals surface area contributed by atoms with E-state index in [1.54, 1.807) is 0 Å². The Labute approximate surface area is 64.6 Å². The lowest BCUT2D eigenvalue weighted by Crippen LogP contribution is -1.80. The quantitative estimate of drug-likeness (QED) is 0.520. The average molecular weight is 138 g/mol. The Morgan fingerprint density at radius 1 is 1.40 bits per heavy atom. The molecule has 0 heteroatoms. The third-order valence-electron chi connectivity index (χ3n) is 1.48. The summed E-state index contributed by atoms with van der Waals surface area (Å²) < 4.78 is 0. The molecule has 0 aliphatic carbocycles. The van der Waals surface area contributed by atoms with Crippen molar-refractivity contribution in [2.24, 2.45) is 0 Å². The summed E-state index contributed by atoms with van der Waals surface area (Å²) in [7, 11) is 0. The lowest BCUT2D eigenvalue weighted by Gasteiger charge is -2.00. The molecule has 0 heterocycles. The first-order valence-corrected chi connectivity index (χ1v) is 4.05. The van der Waals surface area contributed by atoms with Gasteiger partial charge < -0.3 is 0 Å². The summed E-state index contributed by atoms with van der Waals surface area (Å²) in [5.41, 5.74) is 2.69. The predicted molar refractivity (Wildman–Crippen MR) is 48.1 cm³/mol. The summed E-state index contributed by atoms with van der Waals surface area (Å²) in [6, 6.07) is 0. The molecule has 0 saturated heterocycles. The normalized spacial score (nSPS) is 11.7. The summed E-state index contributed by atoms with van der Waals surface area (Å²) in [4.78, 5) is 0. The molecule has 0 radical (unpaired) electrons. The van der Waals surface area contributed by atoms with Crippen molar-refractivity contribution < 1.29 is 0 Å². The Bertz CT molecular complexity index is 129. The summed E-state index contributed by atoms with van der Waals surface area (Å²) in [5.74, 6) is 0. The van der Waals surface area contributed by atoms with E-state index in [2.05, 4.69) is 26.5 Å². The van der Waals surface area contributed by atoms with Crippen molar-refractivity contribution in [3.05, 3.63) is 23.8 Å². The van der Waals surface area contributed by atoms with Crippen molar-refractivity contribution >= 4 is 0 Å². The molecule has 0 atom stereocenters. The fraction of sp³-hybridized carbons (Fsp3) is 0.600. The van der Waals surface area contributed by atoms with Crippen LogP contribution in [0.3, 0.4) is 0 Å². The Kier molecular flexibility index (Phi) is 5.00. The highest BCUT2D eigenvalue weighted by molar-refractivity contribution is 5.18. The van der Waals surface area contributed by atoms with Gasteiger partial charge in [0, 0.05) is 0 Å². The molecule has 0 rings (SSSR count). The van der Waals surface area contributed by atoms with E-state index >= 15 is 0 Å². The van der Waals surface area contributed by atoms with Crippen LogP contribution in [0.2, 0.25) is 0 Å². The molecule has 0 N–H and O–H groups in total. The standard InChI is InChI=1S/C10H18/c1-5-7-10(6-2)8-9(3)4/h8H,3,5-7H2,1-2,4H3/b10-8+. The van der Waals surface area contributed by atoms with E-state index < -0.39 is 0 Å². The van der Waals surface area contributed by atoms with Crippen LogP contribution in [-0.2, 0) is 0 Å². The fourth-order valence-electron chi connectivity index (χ4n) is 1.02. The molecule has 0 spiro atoms. The van der Waals surface area contributed by atoms with Gasteiger partial charge in [0.2, 0.25) is 0 Å². The molecule has 58 valence electrons. The number of hydrogen-bond acceptors (Lipinski definition) is 0. The van der Waals surface area contributed by atoms with E-state index in [-0.39, 0.29) is 0 Å². The van der Waals surface area contributed by atoms with Gasteiger partial charge in [0.1, 0.15) is 0 Å². The van der Waals surface area contributed by atoms with Gasteiger partial charge in [-0.15, -0.1) is 0 Å². The maximum atomic E-state index is 3.85. The second-order valence-electron chi connectivity index (χ2n) is 2.75. The summed E-state index contributed by atoms with van der Waals surface area (Å²) in [5, 5.41) is 0. The molecule has 0 bridgehead atoms. The van der Waals surface area contributed by atoms with Gasteiger partial charge in [0.05, 0.1) is 0 Å². The minimum atomic E-state index is 1.17. The van der Waals surface area contributed by atoms with Crippen LogP contribution in [0.25, 0.3) is 0 Å². The van der Waals surface area contributed by atoms with Crippen molar-refractivity contribution in [3.8, 4) is 0 Å². The zero-order valence-corrected chi connectivity index (χ0v) is 7.41. The SMILES string of the molecule is C=C(C)/C=C(\CC)CCC. The molecule has 0 aromatic rings. The predicted octanol–water partition coefficient (Wildman–Crippen LogP) is 3.70. The van der Waals surface area contributed by atoms with Crippen LogP contribution in [0.15, 0.2) is 23.8 Å². The van der Waals surface area contributed by atoms with Crippen LogP contribution in [0, 0.1) is 0 Å². The summed E-state index contributed by atoms with van der Waals surface area (Å²) >= 11 is 0. The Morgan fingerprint density at radius 2 is 2.00 bits per heavy atom. The lowest BCUT2D eigenvalue weighted by molar-refractivity contribution is 0.857. The van der Waals surface area contributed by atoms with Gasteiger partial charge in [-0.25, -0.2) is 0 Å². The molecule has 0 nitrogen and oxygen atoms in total. The van der Waals surface area contributed by atoms with Crippen molar-refractivity contribution in [2.45, 2.75) is 40.0 Å². The molecule has 0 amide bonds. The van der Waals surface area contributed by atoms with Gasteiger partial charge in [0.25, 0.3) is 0 Å². The van der Waals surface area contributed by atoms with Crippen molar-refractivity contribution in [3.63, 3.8) is 0 Å². The highest BCUT2D eigenvalue weighted by Gasteiger charge is 1.90. The van der Waals surface area contributed by atoms with E-state index in [1.165, 1.54) is 30.4 Å². The van der Waals surface area contributed by atoms with Crippen molar-refractivity contribution in [1.82, 2.24) is 0 Å². The number of hydrogen-bond donors (Lipinski definition) is 0. The molecule has 0 unspecified atom stereocenters. The fourth-order valence-corrected chi connectivity index (χ4v) is 1.02. The zero-order valence-electron chi connectivity index (χ0n) is 7.41. The van der Waals surface area contributed by atoms with Crippen LogP contribution in [-0.4, -0.2) is 0 Å². The van der Waals surface area contributed by atoms with Crippen LogP contribution >= 0.6 is 0 Å². The molecule has 10 heavy (non-hydrogen) atoms.